The molecule has 0 saturated heterocycles. The molecule has 0 unspecified atom stereocenters. The molecule has 0 atom stereocenters. The first-order valence-corrected chi connectivity index (χ1v) is 7.21. The van der Waals surface area contributed by atoms with Crippen molar-refractivity contribution in [3.8, 4) is 0 Å². The molecule has 0 spiro atoms. The molecule has 0 aliphatic carbocycles. The number of halogens is 2. The van der Waals surface area contributed by atoms with E-state index in [0.717, 1.165) is 30.9 Å². The van der Waals surface area contributed by atoms with E-state index in [0.29, 0.717) is 10.9 Å². The van der Waals surface area contributed by atoms with Crippen molar-refractivity contribution in [3.63, 3.8) is 0 Å². The smallest absolute Gasteiger partial charge is 0.147 e. The molecule has 2 nitrogen and oxygen atoms in total. The Morgan fingerprint density at radius 3 is 2.74 bits per heavy atom. The Morgan fingerprint density at radius 2 is 2.00 bits per heavy atom. The highest BCUT2D eigenvalue weighted by atomic mass is 35.5. The summed E-state index contributed by atoms with van der Waals surface area (Å²) in [4.78, 5) is 6.68. The van der Waals surface area contributed by atoms with Crippen molar-refractivity contribution < 1.29 is 0 Å². The first-order valence-electron chi connectivity index (χ1n) is 6.30. The molecule has 1 aliphatic heterocycles. The second kappa shape index (κ2) is 5.40. The first kappa shape index (κ1) is 12.8. The largest absolute Gasteiger partial charge is 0.351 e. The summed E-state index contributed by atoms with van der Waals surface area (Å²) in [5.41, 5.74) is 3.73. The Hall–Kier alpha value is -1.25. The SMILES string of the molecule is ClCc1cnc(N2CCc3ccccc3C2)c(Cl)c1. The van der Waals surface area contributed by atoms with E-state index in [2.05, 4.69) is 34.1 Å². The van der Waals surface area contributed by atoms with Crippen LogP contribution in [-0.4, -0.2) is 11.5 Å². The summed E-state index contributed by atoms with van der Waals surface area (Å²) in [6.07, 6.45) is 2.83. The fourth-order valence-electron chi connectivity index (χ4n) is 2.45. The molecule has 1 aromatic carbocycles. The summed E-state index contributed by atoms with van der Waals surface area (Å²) < 4.78 is 0. The molecule has 0 fully saturated rings. The number of anilines is 1. The summed E-state index contributed by atoms with van der Waals surface area (Å²) >= 11 is 12.1. The van der Waals surface area contributed by atoms with Gasteiger partial charge >= 0.3 is 0 Å². The van der Waals surface area contributed by atoms with Gasteiger partial charge in [0.2, 0.25) is 0 Å². The van der Waals surface area contributed by atoms with Crippen LogP contribution in [-0.2, 0) is 18.8 Å². The zero-order valence-electron chi connectivity index (χ0n) is 10.4. The number of alkyl halides is 1. The number of pyridine rings is 1. The third-order valence-corrected chi connectivity index (χ3v) is 4.05. The molecule has 2 aromatic rings. The Kier molecular flexibility index (Phi) is 3.63. The number of benzene rings is 1. The van der Waals surface area contributed by atoms with Gasteiger partial charge in [-0.05, 0) is 29.2 Å². The Morgan fingerprint density at radius 1 is 1.21 bits per heavy atom. The maximum Gasteiger partial charge on any atom is 0.147 e. The van der Waals surface area contributed by atoms with E-state index >= 15 is 0 Å². The number of hydrogen-bond donors (Lipinski definition) is 0. The van der Waals surface area contributed by atoms with E-state index < -0.39 is 0 Å². The standard InChI is InChI=1S/C15H14Cl2N2/c16-8-11-7-14(17)15(18-9-11)19-6-5-12-3-1-2-4-13(12)10-19/h1-4,7,9H,5-6,8,10H2. The van der Waals surface area contributed by atoms with Crippen LogP contribution in [0.5, 0.6) is 0 Å². The van der Waals surface area contributed by atoms with Gasteiger partial charge in [0.1, 0.15) is 5.82 Å². The highest BCUT2D eigenvalue weighted by Crippen LogP contribution is 2.29. The van der Waals surface area contributed by atoms with E-state index in [1.165, 1.54) is 11.1 Å². The van der Waals surface area contributed by atoms with Crippen LogP contribution in [0.25, 0.3) is 0 Å². The predicted octanol–water partition coefficient (Wildman–Crippen LogP) is 4.04. The fraction of sp³-hybridized carbons (Fsp3) is 0.267. The molecule has 19 heavy (non-hydrogen) atoms. The van der Waals surface area contributed by atoms with Crippen molar-refractivity contribution in [2.45, 2.75) is 18.8 Å². The van der Waals surface area contributed by atoms with Gasteiger partial charge in [0, 0.05) is 25.2 Å². The third-order valence-electron chi connectivity index (χ3n) is 3.46. The van der Waals surface area contributed by atoms with Gasteiger partial charge in [0.25, 0.3) is 0 Å². The predicted molar refractivity (Wildman–Crippen MR) is 80.0 cm³/mol. The van der Waals surface area contributed by atoms with E-state index in [1.807, 2.05) is 6.07 Å². The quantitative estimate of drug-likeness (QED) is 0.777. The summed E-state index contributed by atoms with van der Waals surface area (Å²) in [6, 6.07) is 10.4. The number of nitrogens with zero attached hydrogens (tertiary/aromatic N) is 2. The van der Waals surface area contributed by atoms with Crippen molar-refractivity contribution >= 4 is 29.0 Å². The zero-order chi connectivity index (χ0) is 13.2. The number of fused-ring (bicyclic) bond motifs is 1. The number of hydrogen-bond acceptors (Lipinski definition) is 2. The minimum atomic E-state index is 0.440. The lowest BCUT2D eigenvalue weighted by Crippen LogP contribution is -2.31. The van der Waals surface area contributed by atoms with Crippen LogP contribution in [0, 0.1) is 0 Å². The van der Waals surface area contributed by atoms with Crippen molar-refractivity contribution in [1.82, 2.24) is 4.98 Å². The molecule has 0 saturated carbocycles. The van der Waals surface area contributed by atoms with Crippen LogP contribution in [0.1, 0.15) is 16.7 Å². The van der Waals surface area contributed by atoms with Crippen molar-refractivity contribution in [2.24, 2.45) is 0 Å². The van der Waals surface area contributed by atoms with Crippen LogP contribution in [0.15, 0.2) is 36.5 Å². The third kappa shape index (κ3) is 2.56. The minimum absolute atomic E-state index is 0.440. The molecule has 98 valence electrons. The molecule has 0 N–H and O–H groups in total. The maximum absolute atomic E-state index is 6.31. The molecule has 1 aromatic heterocycles. The Balaban J connectivity index is 1.89. The van der Waals surface area contributed by atoms with Crippen LogP contribution in [0.2, 0.25) is 5.02 Å². The molecular formula is C15H14Cl2N2. The Bertz CT molecular complexity index is 598. The molecule has 3 rings (SSSR count). The average Bonchev–Trinajstić information content (AvgIpc) is 2.46. The molecule has 4 heteroatoms. The minimum Gasteiger partial charge on any atom is -0.351 e. The van der Waals surface area contributed by atoms with Gasteiger partial charge in [0.05, 0.1) is 5.02 Å². The van der Waals surface area contributed by atoms with E-state index in [9.17, 15) is 0 Å². The van der Waals surface area contributed by atoms with Crippen LogP contribution in [0.3, 0.4) is 0 Å². The molecule has 0 amide bonds. The zero-order valence-corrected chi connectivity index (χ0v) is 12.0. The molecule has 1 aliphatic rings. The van der Waals surface area contributed by atoms with Crippen LogP contribution < -0.4 is 4.90 Å². The molecule has 0 radical (unpaired) electrons. The highest BCUT2D eigenvalue weighted by molar-refractivity contribution is 6.33. The summed E-state index contributed by atoms with van der Waals surface area (Å²) in [7, 11) is 0. The topological polar surface area (TPSA) is 16.1 Å². The van der Waals surface area contributed by atoms with Gasteiger partial charge in [-0.15, -0.1) is 11.6 Å². The summed E-state index contributed by atoms with van der Waals surface area (Å²) in [5.74, 6) is 1.29. The lowest BCUT2D eigenvalue weighted by molar-refractivity contribution is 0.721. The van der Waals surface area contributed by atoms with Crippen molar-refractivity contribution in [2.75, 3.05) is 11.4 Å². The monoisotopic (exact) mass is 292 g/mol. The van der Waals surface area contributed by atoms with Crippen molar-refractivity contribution in [1.29, 1.82) is 0 Å². The normalized spacial score (nSPS) is 14.3. The molecule has 0 bridgehead atoms. The van der Waals surface area contributed by atoms with E-state index in [-0.39, 0.29) is 0 Å². The lowest BCUT2D eigenvalue weighted by atomic mass is 10.00. The van der Waals surface area contributed by atoms with Gasteiger partial charge in [0.15, 0.2) is 0 Å². The van der Waals surface area contributed by atoms with Crippen LogP contribution in [0.4, 0.5) is 5.82 Å². The van der Waals surface area contributed by atoms with Crippen LogP contribution >= 0.6 is 23.2 Å². The maximum atomic E-state index is 6.31. The number of rotatable bonds is 2. The van der Waals surface area contributed by atoms with Crippen molar-refractivity contribution in [3.05, 3.63) is 58.2 Å². The lowest BCUT2D eigenvalue weighted by Gasteiger charge is -2.30. The molecule has 2 heterocycles. The second-order valence-electron chi connectivity index (χ2n) is 4.72. The number of aromatic nitrogens is 1. The Labute approximate surface area is 123 Å². The van der Waals surface area contributed by atoms with Gasteiger partial charge in [-0.3, -0.25) is 0 Å². The van der Waals surface area contributed by atoms with Gasteiger partial charge in [-0.25, -0.2) is 4.98 Å². The summed E-state index contributed by atoms with van der Waals surface area (Å²) in [5, 5.41) is 0.678. The van der Waals surface area contributed by atoms with E-state index in [1.54, 1.807) is 6.20 Å². The fourth-order valence-corrected chi connectivity index (χ4v) is 2.91. The summed E-state index contributed by atoms with van der Waals surface area (Å²) in [6.45, 7) is 1.81. The average molecular weight is 293 g/mol. The highest BCUT2D eigenvalue weighted by Gasteiger charge is 2.19. The van der Waals surface area contributed by atoms with Gasteiger partial charge in [-0.1, -0.05) is 35.9 Å². The van der Waals surface area contributed by atoms with E-state index in [4.69, 9.17) is 23.2 Å². The molecular weight excluding hydrogens is 279 g/mol. The first-order chi connectivity index (χ1) is 9.28. The van der Waals surface area contributed by atoms with Gasteiger partial charge < -0.3 is 4.90 Å². The van der Waals surface area contributed by atoms with Gasteiger partial charge in [-0.2, -0.15) is 0 Å². The second-order valence-corrected chi connectivity index (χ2v) is 5.40.